The zero-order valence-corrected chi connectivity index (χ0v) is 16.5. The molecule has 1 heterocycles. The monoisotopic (exact) mass is 403 g/mol. The molecule has 0 saturated carbocycles. The molecule has 1 N–H and O–H groups in total. The molecule has 0 fully saturated rings. The Morgan fingerprint density at radius 1 is 0.931 bits per heavy atom. The highest BCUT2D eigenvalue weighted by atomic mass is 35.5. The van der Waals surface area contributed by atoms with Crippen LogP contribution >= 0.6 is 11.6 Å². The first-order valence-electron chi connectivity index (χ1n) is 9.12. The van der Waals surface area contributed by atoms with E-state index in [1.807, 2.05) is 49.4 Å². The summed E-state index contributed by atoms with van der Waals surface area (Å²) in [7, 11) is 0. The molecular weight excluding hydrogens is 386 g/mol. The lowest BCUT2D eigenvalue weighted by atomic mass is 10.1. The Morgan fingerprint density at radius 2 is 1.55 bits per heavy atom. The minimum Gasteiger partial charge on any atom is -0.416 e. The van der Waals surface area contributed by atoms with Gasteiger partial charge in [0.05, 0.1) is 0 Å². The van der Waals surface area contributed by atoms with Gasteiger partial charge in [-0.1, -0.05) is 41.4 Å². The van der Waals surface area contributed by atoms with Gasteiger partial charge in [-0.3, -0.25) is 4.79 Å². The Hall–Kier alpha value is -3.44. The molecule has 29 heavy (non-hydrogen) atoms. The van der Waals surface area contributed by atoms with Gasteiger partial charge in [0.2, 0.25) is 11.8 Å². The maximum Gasteiger partial charge on any atom is 0.251 e. The average Bonchev–Trinajstić information content (AvgIpc) is 3.23. The van der Waals surface area contributed by atoms with Crippen LogP contribution in [0.1, 0.15) is 21.5 Å². The number of nitrogens with one attached hydrogen (secondary N) is 1. The second-order valence-electron chi connectivity index (χ2n) is 6.67. The van der Waals surface area contributed by atoms with Crippen molar-refractivity contribution in [3.05, 3.63) is 94.5 Å². The third kappa shape index (κ3) is 4.52. The minimum atomic E-state index is -0.164. The molecule has 0 spiro atoms. The second kappa shape index (κ2) is 8.29. The fourth-order valence-corrected chi connectivity index (χ4v) is 3.06. The van der Waals surface area contributed by atoms with E-state index in [1.165, 1.54) is 0 Å². The Kier molecular flexibility index (Phi) is 5.40. The standard InChI is InChI=1S/C23H18ClN3O2/c1-15-5-7-18(8-6-15)22-26-27-23(29-22)19-11-9-17(10-12-19)21(28)25-14-16-3-2-4-20(24)13-16/h2-13H,14H2,1H3,(H,25,28). The Morgan fingerprint density at radius 3 is 2.17 bits per heavy atom. The maximum absolute atomic E-state index is 12.4. The number of aromatic nitrogens is 2. The normalized spacial score (nSPS) is 10.7. The molecule has 1 aromatic heterocycles. The molecule has 1 amide bonds. The van der Waals surface area contributed by atoms with Gasteiger partial charge < -0.3 is 9.73 Å². The third-order valence-corrected chi connectivity index (χ3v) is 4.69. The summed E-state index contributed by atoms with van der Waals surface area (Å²) < 4.78 is 5.78. The molecular formula is C23H18ClN3O2. The van der Waals surface area contributed by atoms with E-state index in [-0.39, 0.29) is 5.91 Å². The Balaban J connectivity index is 1.43. The van der Waals surface area contributed by atoms with Gasteiger partial charge >= 0.3 is 0 Å². The number of carbonyl (C=O) groups excluding carboxylic acids is 1. The number of halogens is 1. The lowest BCUT2D eigenvalue weighted by Crippen LogP contribution is -2.22. The zero-order valence-electron chi connectivity index (χ0n) is 15.7. The van der Waals surface area contributed by atoms with Crippen LogP contribution in [0.3, 0.4) is 0 Å². The van der Waals surface area contributed by atoms with Crippen molar-refractivity contribution in [3.63, 3.8) is 0 Å². The van der Waals surface area contributed by atoms with Gasteiger partial charge in [0.1, 0.15) is 0 Å². The van der Waals surface area contributed by atoms with Crippen molar-refractivity contribution >= 4 is 17.5 Å². The summed E-state index contributed by atoms with van der Waals surface area (Å²) in [5.74, 6) is 0.706. The van der Waals surface area contributed by atoms with Crippen LogP contribution in [0.25, 0.3) is 22.9 Å². The van der Waals surface area contributed by atoms with E-state index in [2.05, 4.69) is 15.5 Å². The predicted molar refractivity (Wildman–Crippen MR) is 113 cm³/mol. The second-order valence-corrected chi connectivity index (χ2v) is 7.10. The van der Waals surface area contributed by atoms with E-state index in [9.17, 15) is 4.79 Å². The predicted octanol–water partition coefficient (Wildman–Crippen LogP) is 5.30. The van der Waals surface area contributed by atoms with Crippen molar-refractivity contribution in [1.29, 1.82) is 0 Å². The van der Waals surface area contributed by atoms with Crippen molar-refractivity contribution in [2.75, 3.05) is 0 Å². The van der Waals surface area contributed by atoms with Crippen LogP contribution in [0.5, 0.6) is 0 Å². The quantitative estimate of drug-likeness (QED) is 0.491. The molecule has 0 aliphatic rings. The number of hydrogen-bond acceptors (Lipinski definition) is 4. The fraction of sp³-hybridized carbons (Fsp3) is 0.0870. The van der Waals surface area contributed by atoms with Gasteiger partial charge in [0, 0.05) is 28.3 Å². The number of aryl methyl sites for hydroxylation is 1. The van der Waals surface area contributed by atoms with Crippen LogP contribution in [0.2, 0.25) is 5.02 Å². The van der Waals surface area contributed by atoms with Crippen LogP contribution < -0.4 is 5.32 Å². The highest BCUT2D eigenvalue weighted by Crippen LogP contribution is 2.24. The van der Waals surface area contributed by atoms with Crippen LogP contribution in [-0.4, -0.2) is 16.1 Å². The first-order chi connectivity index (χ1) is 14.1. The van der Waals surface area contributed by atoms with Crippen molar-refractivity contribution < 1.29 is 9.21 Å². The molecule has 4 rings (SSSR count). The molecule has 0 bridgehead atoms. The van der Waals surface area contributed by atoms with Crippen LogP contribution in [0.15, 0.2) is 77.2 Å². The molecule has 0 saturated heterocycles. The zero-order chi connectivity index (χ0) is 20.2. The minimum absolute atomic E-state index is 0.164. The molecule has 0 aliphatic heterocycles. The van der Waals surface area contributed by atoms with Gasteiger partial charge in [-0.05, 0) is 61.0 Å². The lowest BCUT2D eigenvalue weighted by Gasteiger charge is -2.06. The van der Waals surface area contributed by atoms with Crippen LogP contribution in [-0.2, 0) is 6.54 Å². The van der Waals surface area contributed by atoms with E-state index in [1.54, 1.807) is 30.3 Å². The van der Waals surface area contributed by atoms with Crippen LogP contribution in [0, 0.1) is 6.92 Å². The van der Waals surface area contributed by atoms with E-state index in [0.29, 0.717) is 28.9 Å². The van der Waals surface area contributed by atoms with E-state index >= 15 is 0 Å². The van der Waals surface area contributed by atoms with Gasteiger partial charge in [0.15, 0.2) is 0 Å². The fourth-order valence-electron chi connectivity index (χ4n) is 2.85. The van der Waals surface area contributed by atoms with Crippen molar-refractivity contribution in [3.8, 4) is 22.9 Å². The van der Waals surface area contributed by atoms with E-state index < -0.39 is 0 Å². The first-order valence-corrected chi connectivity index (χ1v) is 9.50. The first kappa shape index (κ1) is 18.9. The molecule has 5 nitrogen and oxygen atoms in total. The van der Waals surface area contributed by atoms with Gasteiger partial charge in [-0.15, -0.1) is 10.2 Å². The molecule has 0 atom stereocenters. The van der Waals surface area contributed by atoms with Gasteiger partial charge in [-0.2, -0.15) is 0 Å². The van der Waals surface area contributed by atoms with Gasteiger partial charge in [0.25, 0.3) is 5.91 Å². The summed E-state index contributed by atoms with van der Waals surface area (Å²) in [5.41, 5.74) is 4.28. The van der Waals surface area contributed by atoms with Crippen molar-refractivity contribution in [2.24, 2.45) is 0 Å². The number of carbonyl (C=O) groups is 1. The summed E-state index contributed by atoms with van der Waals surface area (Å²) >= 11 is 5.97. The van der Waals surface area contributed by atoms with Crippen molar-refractivity contribution in [1.82, 2.24) is 15.5 Å². The summed E-state index contributed by atoms with van der Waals surface area (Å²) in [5, 5.41) is 11.8. The number of benzene rings is 3. The summed E-state index contributed by atoms with van der Waals surface area (Å²) in [6.07, 6.45) is 0. The highest BCUT2D eigenvalue weighted by molar-refractivity contribution is 6.30. The Labute approximate surface area is 173 Å². The Bertz CT molecular complexity index is 1140. The summed E-state index contributed by atoms with van der Waals surface area (Å²) in [4.78, 5) is 12.4. The molecule has 4 aromatic rings. The molecule has 0 aliphatic carbocycles. The number of nitrogens with zero attached hydrogens (tertiary/aromatic N) is 2. The molecule has 3 aromatic carbocycles. The smallest absolute Gasteiger partial charge is 0.251 e. The van der Waals surface area contributed by atoms with Gasteiger partial charge in [-0.25, -0.2) is 0 Å². The highest BCUT2D eigenvalue weighted by Gasteiger charge is 2.12. The maximum atomic E-state index is 12.4. The average molecular weight is 404 g/mol. The van der Waals surface area contributed by atoms with E-state index in [4.69, 9.17) is 16.0 Å². The number of amides is 1. The van der Waals surface area contributed by atoms with Crippen LogP contribution in [0.4, 0.5) is 0 Å². The van der Waals surface area contributed by atoms with Crippen molar-refractivity contribution in [2.45, 2.75) is 13.5 Å². The summed E-state index contributed by atoms with van der Waals surface area (Å²) in [6, 6.07) is 22.3. The molecule has 144 valence electrons. The largest absolute Gasteiger partial charge is 0.416 e. The lowest BCUT2D eigenvalue weighted by molar-refractivity contribution is 0.0951. The third-order valence-electron chi connectivity index (χ3n) is 4.46. The SMILES string of the molecule is Cc1ccc(-c2nnc(-c3ccc(C(=O)NCc4cccc(Cl)c4)cc3)o2)cc1. The van der Waals surface area contributed by atoms with E-state index in [0.717, 1.165) is 22.3 Å². The number of rotatable bonds is 5. The summed E-state index contributed by atoms with van der Waals surface area (Å²) in [6.45, 7) is 2.43. The molecule has 0 radical (unpaired) electrons. The molecule has 0 unspecified atom stereocenters. The number of hydrogen-bond donors (Lipinski definition) is 1. The molecule has 6 heteroatoms. The topological polar surface area (TPSA) is 68.0 Å².